The Morgan fingerprint density at radius 2 is 1.89 bits per heavy atom. The minimum Gasteiger partial charge on any atom is -0.366 e. The largest absolute Gasteiger partial charge is 0.366 e. The maximum absolute atomic E-state index is 14.2. The summed E-state index contributed by atoms with van der Waals surface area (Å²) >= 11 is 6.11. The first-order valence-electron chi connectivity index (χ1n) is 11.3. The van der Waals surface area contributed by atoms with Crippen LogP contribution in [0.3, 0.4) is 0 Å². The summed E-state index contributed by atoms with van der Waals surface area (Å²) in [7, 11) is 0. The fourth-order valence-corrected chi connectivity index (χ4v) is 4.35. The van der Waals surface area contributed by atoms with Gasteiger partial charge in [-0.1, -0.05) is 17.7 Å². The van der Waals surface area contributed by atoms with Gasteiger partial charge in [0.2, 0.25) is 5.91 Å². The van der Waals surface area contributed by atoms with Gasteiger partial charge in [0.15, 0.2) is 0 Å². The Balaban J connectivity index is 1.46. The molecule has 38 heavy (non-hydrogen) atoms. The quantitative estimate of drug-likeness (QED) is 0.283. The molecule has 0 bridgehead atoms. The Morgan fingerprint density at radius 3 is 2.63 bits per heavy atom. The molecule has 0 atom stereocenters. The smallest absolute Gasteiger partial charge is 0.251 e. The molecule has 0 saturated carbocycles. The van der Waals surface area contributed by atoms with Gasteiger partial charge in [0.05, 0.1) is 23.1 Å². The highest BCUT2D eigenvalue weighted by Gasteiger charge is 2.17. The maximum atomic E-state index is 14.2. The number of hydrogen-bond donors (Lipinski definition) is 2. The molecule has 10 heteroatoms. The highest BCUT2D eigenvalue weighted by Crippen LogP contribution is 2.30. The normalized spacial score (nSPS) is 10.8. The van der Waals surface area contributed by atoms with Crippen LogP contribution in [-0.2, 0) is 6.42 Å². The third-order valence-electron chi connectivity index (χ3n) is 5.95. The van der Waals surface area contributed by atoms with E-state index >= 15 is 0 Å². The predicted octanol–water partition coefficient (Wildman–Crippen LogP) is 5.49. The van der Waals surface area contributed by atoms with Crippen LogP contribution in [0.25, 0.3) is 22.0 Å². The standard InChI is InChI=1S/C28H18ClFN6O2/c29-27-18(2-1-7-34-27)13-25(37)36-9-6-17-10-19(11-20(15-31)26(17)36)16-5-8-33-24(12-16)35-21-3-4-22(28(32)38)23(30)14-21/h1-12,14H,13H2,(H2,32,38)(H,33,35). The van der Waals surface area contributed by atoms with Gasteiger partial charge in [0, 0.05) is 29.7 Å². The Morgan fingerprint density at radius 1 is 1.05 bits per heavy atom. The van der Waals surface area contributed by atoms with Crippen LogP contribution < -0.4 is 11.1 Å². The van der Waals surface area contributed by atoms with Crippen LogP contribution in [0.5, 0.6) is 0 Å². The fraction of sp³-hybridized carbons (Fsp3) is 0.0357. The van der Waals surface area contributed by atoms with Gasteiger partial charge in [-0.05, 0) is 71.3 Å². The van der Waals surface area contributed by atoms with Crippen LogP contribution in [0.2, 0.25) is 5.15 Å². The Hall–Kier alpha value is -5.07. The summed E-state index contributed by atoms with van der Waals surface area (Å²) in [5.41, 5.74) is 8.23. The van der Waals surface area contributed by atoms with Crippen LogP contribution in [0.4, 0.5) is 15.9 Å². The van der Waals surface area contributed by atoms with Crippen molar-refractivity contribution in [3.8, 4) is 17.2 Å². The molecule has 8 nitrogen and oxygen atoms in total. The molecule has 1 amide bonds. The lowest BCUT2D eigenvalue weighted by molar-refractivity contribution is 0.0918. The number of pyridine rings is 2. The molecule has 0 spiro atoms. The summed E-state index contributed by atoms with van der Waals surface area (Å²) in [6.07, 6.45) is 4.79. The van der Waals surface area contributed by atoms with Crippen molar-refractivity contribution >= 4 is 45.8 Å². The van der Waals surface area contributed by atoms with Gasteiger partial charge in [-0.3, -0.25) is 14.2 Å². The van der Waals surface area contributed by atoms with Crippen molar-refractivity contribution in [3.63, 3.8) is 0 Å². The number of amides is 1. The van der Waals surface area contributed by atoms with Gasteiger partial charge in [-0.25, -0.2) is 14.4 Å². The number of halogens is 2. The van der Waals surface area contributed by atoms with E-state index in [1.54, 1.807) is 55.0 Å². The Labute approximate surface area is 221 Å². The highest BCUT2D eigenvalue weighted by atomic mass is 35.5. The van der Waals surface area contributed by atoms with Gasteiger partial charge < -0.3 is 11.1 Å². The highest BCUT2D eigenvalue weighted by molar-refractivity contribution is 6.30. The van der Waals surface area contributed by atoms with Crippen molar-refractivity contribution in [2.24, 2.45) is 5.73 Å². The molecule has 186 valence electrons. The van der Waals surface area contributed by atoms with Crippen molar-refractivity contribution in [3.05, 3.63) is 107 Å². The number of anilines is 2. The SMILES string of the molecule is N#Cc1cc(-c2ccnc(Nc3ccc(C(N)=O)c(F)c3)c2)cc2ccn(C(=O)Cc3cccnc3Cl)c12. The summed E-state index contributed by atoms with van der Waals surface area (Å²) in [6.45, 7) is 0. The number of rotatable bonds is 6. The lowest BCUT2D eigenvalue weighted by Crippen LogP contribution is -2.13. The van der Waals surface area contributed by atoms with E-state index in [1.807, 2.05) is 6.07 Å². The van der Waals surface area contributed by atoms with E-state index in [0.717, 1.165) is 17.2 Å². The van der Waals surface area contributed by atoms with Crippen molar-refractivity contribution in [1.82, 2.24) is 14.5 Å². The van der Waals surface area contributed by atoms with Gasteiger partial charge in [-0.15, -0.1) is 0 Å². The molecule has 3 N–H and O–H groups in total. The van der Waals surface area contributed by atoms with Crippen molar-refractivity contribution < 1.29 is 14.0 Å². The minimum atomic E-state index is -0.853. The summed E-state index contributed by atoms with van der Waals surface area (Å²) < 4.78 is 15.6. The van der Waals surface area contributed by atoms with E-state index in [2.05, 4.69) is 21.4 Å². The monoisotopic (exact) mass is 524 g/mol. The number of nitrogens with two attached hydrogens (primary N) is 1. The second-order valence-electron chi connectivity index (χ2n) is 8.40. The molecular formula is C28H18ClFN6O2. The summed E-state index contributed by atoms with van der Waals surface area (Å²) in [5, 5.41) is 13.9. The second kappa shape index (κ2) is 10.1. The first-order valence-corrected chi connectivity index (χ1v) is 11.7. The van der Waals surface area contributed by atoms with E-state index in [0.29, 0.717) is 33.5 Å². The topological polar surface area (TPSA) is 127 Å². The number of fused-ring (bicyclic) bond motifs is 1. The molecule has 0 aliphatic rings. The molecule has 5 rings (SSSR count). The van der Waals surface area contributed by atoms with Crippen LogP contribution in [-0.4, -0.2) is 26.3 Å². The van der Waals surface area contributed by atoms with Crippen molar-refractivity contribution in [1.29, 1.82) is 5.26 Å². The first kappa shape index (κ1) is 24.6. The number of benzene rings is 2. The molecule has 5 aromatic rings. The van der Waals surface area contributed by atoms with Gasteiger partial charge >= 0.3 is 0 Å². The van der Waals surface area contributed by atoms with Crippen LogP contribution in [0, 0.1) is 17.1 Å². The number of primary amides is 1. The zero-order valence-corrected chi connectivity index (χ0v) is 20.4. The summed E-state index contributed by atoms with van der Waals surface area (Å²) in [4.78, 5) is 32.6. The molecule has 0 radical (unpaired) electrons. The maximum Gasteiger partial charge on any atom is 0.251 e. The van der Waals surface area contributed by atoms with Crippen LogP contribution >= 0.6 is 11.6 Å². The number of nitrogens with one attached hydrogen (secondary N) is 1. The molecule has 2 aromatic carbocycles. The van der Waals surface area contributed by atoms with Crippen LogP contribution in [0.1, 0.15) is 26.3 Å². The molecule has 0 saturated heterocycles. The summed E-state index contributed by atoms with van der Waals surface area (Å²) in [6, 6.07) is 18.5. The first-order chi connectivity index (χ1) is 18.3. The molecule has 3 aromatic heterocycles. The van der Waals surface area contributed by atoms with E-state index < -0.39 is 11.7 Å². The third-order valence-corrected chi connectivity index (χ3v) is 6.29. The van der Waals surface area contributed by atoms with Gasteiger partial charge in [0.25, 0.3) is 5.91 Å². The number of hydrogen-bond acceptors (Lipinski definition) is 6. The number of aromatic nitrogens is 3. The van der Waals surface area contributed by atoms with Gasteiger partial charge in [-0.2, -0.15) is 5.26 Å². The lowest BCUT2D eigenvalue weighted by Gasteiger charge is -2.10. The zero-order valence-electron chi connectivity index (χ0n) is 19.7. The van der Waals surface area contributed by atoms with E-state index in [9.17, 15) is 19.2 Å². The number of carbonyl (C=O) groups excluding carboxylic acids is 2. The minimum absolute atomic E-state index is 0.0312. The molecule has 0 fully saturated rings. The van der Waals surface area contributed by atoms with E-state index in [4.69, 9.17) is 17.3 Å². The van der Waals surface area contributed by atoms with E-state index in [-0.39, 0.29) is 23.0 Å². The molecule has 3 heterocycles. The second-order valence-corrected chi connectivity index (χ2v) is 8.75. The van der Waals surface area contributed by atoms with Crippen molar-refractivity contribution in [2.75, 3.05) is 5.32 Å². The molecule has 0 aliphatic carbocycles. The zero-order chi connectivity index (χ0) is 26.8. The third kappa shape index (κ3) is 4.81. The van der Waals surface area contributed by atoms with E-state index in [1.165, 1.54) is 16.7 Å². The number of carbonyl (C=O) groups is 2. The average Bonchev–Trinajstić information content (AvgIpc) is 3.34. The Kier molecular flexibility index (Phi) is 6.56. The number of nitrogens with zero attached hydrogens (tertiary/aromatic N) is 4. The van der Waals surface area contributed by atoms with Crippen molar-refractivity contribution in [2.45, 2.75) is 6.42 Å². The molecule has 0 unspecified atom stereocenters. The molecule has 0 aliphatic heterocycles. The fourth-order valence-electron chi connectivity index (χ4n) is 4.16. The predicted molar refractivity (Wildman–Crippen MR) is 142 cm³/mol. The summed E-state index contributed by atoms with van der Waals surface area (Å²) in [5.74, 6) is -1.42. The van der Waals surface area contributed by atoms with Crippen LogP contribution in [0.15, 0.2) is 79.3 Å². The number of nitriles is 1. The Bertz CT molecular complexity index is 1780. The lowest BCUT2D eigenvalue weighted by atomic mass is 10.0. The average molecular weight is 525 g/mol. The molecular weight excluding hydrogens is 507 g/mol. The van der Waals surface area contributed by atoms with Gasteiger partial charge in [0.1, 0.15) is 22.9 Å².